The molecule has 1 unspecified atom stereocenters. The highest BCUT2D eigenvalue weighted by atomic mass is 16.6. The summed E-state index contributed by atoms with van der Waals surface area (Å²) >= 11 is 0. The molecule has 0 amide bonds. The highest BCUT2D eigenvalue weighted by Gasteiger charge is 2.19. The minimum absolute atomic E-state index is 0.102. The van der Waals surface area contributed by atoms with E-state index in [0.29, 0.717) is 19.3 Å². The summed E-state index contributed by atoms with van der Waals surface area (Å²) in [6, 6.07) is 0. The molecule has 0 aromatic carbocycles. The Hall–Kier alpha value is -4.19. The summed E-state index contributed by atoms with van der Waals surface area (Å²) < 4.78 is 16.8. The maximum Gasteiger partial charge on any atom is 0.306 e. The Kier molecular flexibility index (Phi) is 58.9. The van der Waals surface area contributed by atoms with Crippen LogP contribution < -0.4 is 0 Å². The first-order valence-electron chi connectivity index (χ1n) is 31.0. The van der Waals surface area contributed by atoms with E-state index in [1.165, 1.54) is 116 Å². The molecule has 0 rings (SSSR count). The molecule has 0 spiro atoms. The lowest BCUT2D eigenvalue weighted by Gasteiger charge is -2.18. The van der Waals surface area contributed by atoms with Crippen LogP contribution in [0.2, 0.25) is 0 Å². The molecule has 75 heavy (non-hydrogen) atoms. The first-order chi connectivity index (χ1) is 37.0. The molecular weight excluding hydrogens is 925 g/mol. The normalized spacial score (nSPS) is 12.9. The third-order valence-electron chi connectivity index (χ3n) is 13.0. The van der Waals surface area contributed by atoms with Crippen molar-refractivity contribution in [2.45, 2.75) is 284 Å². The summed E-state index contributed by atoms with van der Waals surface area (Å²) in [5.74, 6) is -0.974. The molecule has 0 saturated heterocycles. The van der Waals surface area contributed by atoms with Crippen molar-refractivity contribution in [1.29, 1.82) is 0 Å². The van der Waals surface area contributed by atoms with Crippen molar-refractivity contribution >= 4 is 17.9 Å². The van der Waals surface area contributed by atoms with Gasteiger partial charge in [0.15, 0.2) is 6.10 Å². The van der Waals surface area contributed by atoms with E-state index < -0.39 is 6.10 Å². The summed E-state index contributed by atoms with van der Waals surface area (Å²) in [6.07, 6.45) is 86.3. The molecule has 0 radical (unpaired) electrons. The number of allylic oxidation sites excluding steroid dienone is 20. The summed E-state index contributed by atoms with van der Waals surface area (Å²) in [5.41, 5.74) is 0. The number of carbonyl (C=O) groups excluding carboxylic acids is 3. The lowest BCUT2D eigenvalue weighted by molar-refractivity contribution is -0.167. The molecule has 0 saturated carbocycles. The maximum atomic E-state index is 12.9. The van der Waals surface area contributed by atoms with Crippen molar-refractivity contribution < 1.29 is 28.6 Å². The predicted octanol–water partition coefficient (Wildman–Crippen LogP) is 21.2. The van der Waals surface area contributed by atoms with Crippen molar-refractivity contribution in [2.24, 2.45) is 0 Å². The van der Waals surface area contributed by atoms with Gasteiger partial charge < -0.3 is 14.2 Å². The minimum Gasteiger partial charge on any atom is -0.462 e. The summed E-state index contributed by atoms with van der Waals surface area (Å²) in [6.45, 7) is 6.46. The van der Waals surface area contributed by atoms with Gasteiger partial charge in [-0.3, -0.25) is 14.4 Å². The third kappa shape index (κ3) is 60.6. The predicted molar refractivity (Wildman–Crippen MR) is 325 cm³/mol. The smallest absolute Gasteiger partial charge is 0.306 e. The molecule has 0 aromatic rings. The highest BCUT2D eigenvalue weighted by molar-refractivity contribution is 5.71. The molecule has 0 aliphatic rings. The second-order valence-electron chi connectivity index (χ2n) is 20.2. The summed E-state index contributed by atoms with van der Waals surface area (Å²) in [7, 11) is 0. The molecule has 6 heteroatoms. The first-order valence-corrected chi connectivity index (χ1v) is 31.0. The number of ether oxygens (including phenoxy) is 3. The second kappa shape index (κ2) is 62.4. The van der Waals surface area contributed by atoms with Gasteiger partial charge >= 0.3 is 17.9 Å². The van der Waals surface area contributed by atoms with Gasteiger partial charge in [-0.05, 0) is 109 Å². The number of esters is 3. The molecule has 0 N–H and O–H groups in total. The van der Waals surface area contributed by atoms with E-state index in [0.717, 1.165) is 116 Å². The van der Waals surface area contributed by atoms with Crippen LogP contribution in [0.1, 0.15) is 278 Å². The zero-order valence-electron chi connectivity index (χ0n) is 48.8. The van der Waals surface area contributed by atoms with E-state index >= 15 is 0 Å². The van der Waals surface area contributed by atoms with Gasteiger partial charge in [0, 0.05) is 19.3 Å². The van der Waals surface area contributed by atoms with Gasteiger partial charge in [-0.1, -0.05) is 271 Å². The van der Waals surface area contributed by atoms with E-state index in [1.54, 1.807) is 0 Å². The Morgan fingerprint density at radius 3 is 0.867 bits per heavy atom. The van der Waals surface area contributed by atoms with Crippen molar-refractivity contribution in [3.63, 3.8) is 0 Å². The summed E-state index contributed by atoms with van der Waals surface area (Å²) in [4.78, 5) is 38.2. The van der Waals surface area contributed by atoms with Crippen LogP contribution in [-0.2, 0) is 28.6 Å². The van der Waals surface area contributed by atoms with Crippen LogP contribution in [0.5, 0.6) is 0 Å². The number of hydrogen-bond donors (Lipinski definition) is 0. The van der Waals surface area contributed by atoms with Crippen LogP contribution in [0.3, 0.4) is 0 Å². The number of unbranched alkanes of at least 4 members (excludes halogenated alkanes) is 24. The zero-order valence-corrected chi connectivity index (χ0v) is 48.8. The standard InChI is InChI=1S/C69H114O6/c1-4-7-10-13-16-19-22-25-27-29-31-33-34-36-37-39-41-44-47-50-53-56-59-62-68(71)74-65-66(64-73-67(70)61-58-55-52-49-46-43-24-21-18-15-12-9-6-3)75-69(72)63-60-57-54-51-48-45-42-40-38-35-32-30-28-26-23-20-17-14-11-8-5-2/h7,10,16,19,23,25-27,30-33,36-38,40-41,44,50,53,66H,4-6,8-9,11-15,17-18,20-22,24,28-29,34-35,39,42-43,45-49,51-52,54-65H2,1-3H3/b10-7-,19-16-,26-23-,27-25-,32-30-,33-31-,37-36-,40-38-,44-41-,53-50-. The van der Waals surface area contributed by atoms with Gasteiger partial charge in [-0.2, -0.15) is 0 Å². The molecule has 0 aliphatic carbocycles. The van der Waals surface area contributed by atoms with Gasteiger partial charge in [0.1, 0.15) is 13.2 Å². The van der Waals surface area contributed by atoms with Gasteiger partial charge in [0.05, 0.1) is 0 Å². The Labute approximate surface area is 462 Å². The quantitative estimate of drug-likeness (QED) is 0.0261. The van der Waals surface area contributed by atoms with Crippen LogP contribution in [0.25, 0.3) is 0 Å². The minimum atomic E-state index is -0.811. The Morgan fingerprint density at radius 1 is 0.280 bits per heavy atom. The van der Waals surface area contributed by atoms with Gasteiger partial charge in [-0.15, -0.1) is 0 Å². The average Bonchev–Trinajstić information content (AvgIpc) is 3.41. The van der Waals surface area contributed by atoms with Gasteiger partial charge in [0.2, 0.25) is 0 Å². The molecule has 426 valence electrons. The average molecular weight is 1040 g/mol. The van der Waals surface area contributed by atoms with Gasteiger partial charge in [-0.25, -0.2) is 0 Å². The molecular formula is C69H114O6. The van der Waals surface area contributed by atoms with Crippen molar-refractivity contribution in [3.05, 3.63) is 122 Å². The first kappa shape index (κ1) is 70.8. The lowest BCUT2D eigenvalue weighted by atomic mass is 10.0. The molecule has 0 heterocycles. The van der Waals surface area contributed by atoms with Crippen molar-refractivity contribution in [2.75, 3.05) is 13.2 Å². The summed E-state index contributed by atoms with van der Waals surface area (Å²) in [5, 5.41) is 0. The Morgan fingerprint density at radius 2 is 0.533 bits per heavy atom. The fraction of sp³-hybridized carbons (Fsp3) is 0.667. The van der Waals surface area contributed by atoms with E-state index in [9.17, 15) is 14.4 Å². The van der Waals surface area contributed by atoms with Crippen LogP contribution in [0.4, 0.5) is 0 Å². The molecule has 0 fully saturated rings. The largest absolute Gasteiger partial charge is 0.462 e. The highest BCUT2D eigenvalue weighted by Crippen LogP contribution is 2.15. The molecule has 1 atom stereocenters. The van der Waals surface area contributed by atoms with Crippen molar-refractivity contribution in [3.8, 4) is 0 Å². The fourth-order valence-electron chi connectivity index (χ4n) is 8.32. The van der Waals surface area contributed by atoms with Crippen LogP contribution in [-0.4, -0.2) is 37.2 Å². The second-order valence-corrected chi connectivity index (χ2v) is 20.2. The molecule has 0 aliphatic heterocycles. The lowest BCUT2D eigenvalue weighted by Crippen LogP contribution is -2.30. The maximum absolute atomic E-state index is 12.9. The third-order valence-corrected chi connectivity index (χ3v) is 13.0. The Bertz CT molecular complexity index is 1570. The van der Waals surface area contributed by atoms with Crippen LogP contribution in [0.15, 0.2) is 122 Å². The van der Waals surface area contributed by atoms with E-state index in [4.69, 9.17) is 14.2 Å². The number of carbonyl (C=O) groups is 3. The number of hydrogen-bond acceptors (Lipinski definition) is 6. The topological polar surface area (TPSA) is 78.9 Å². The monoisotopic (exact) mass is 1040 g/mol. The van der Waals surface area contributed by atoms with Crippen molar-refractivity contribution in [1.82, 2.24) is 0 Å². The van der Waals surface area contributed by atoms with Crippen LogP contribution >= 0.6 is 0 Å². The van der Waals surface area contributed by atoms with E-state index in [-0.39, 0.29) is 37.5 Å². The van der Waals surface area contributed by atoms with E-state index in [1.807, 2.05) is 0 Å². The zero-order chi connectivity index (χ0) is 54.3. The van der Waals surface area contributed by atoms with Crippen LogP contribution in [0, 0.1) is 0 Å². The fourth-order valence-corrected chi connectivity index (χ4v) is 8.32. The molecule has 0 aromatic heterocycles. The Balaban J connectivity index is 4.49. The number of rotatable bonds is 55. The molecule has 0 bridgehead atoms. The molecule has 6 nitrogen and oxygen atoms in total. The van der Waals surface area contributed by atoms with Gasteiger partial charge in [0.25, 0.3) is 0 Å². The SMILES string of the molecule is CC/C=C\C/C=C\C/C=C\C/C=C\C/C=C\C/C=C\C/C=C\CCCC(=O)OCC(COC(=O)CCCCCCCCCCCCCCC)OC(=O)CCCCCCCC/C=C\C/C=C\C/C=C\CCCCCCC. The van der Waals surface area contributed by atoms with E-state index in [2.05, 4.69) is 142 Å².